The number of aromatic nitrogens is 2. The number of carbonyl (C=O) groups is 3. The van der Waals surface area contributed by atoms with Crippen molar-refractivity contribution in [2.45, 2.75) is 90.1 Å². The third-order valence-corrected chi connectivity index (χ3v) is 12.1. The normalized spacial score (nSPS) is 21.2. The minimum absolute atomic E-state index is 0. The molecule has 10 nitrogen and oxygen atoms in total. The van der Waals surface area contributed by atoms with Crippen LogP contribution in [0.5, 0.6) is 0 Å². The maximum atomic E-state index is 12.5. The first kappa shape index (κ1) is 41.1. The van der Waals surface area contributed by atoms with Gasteiger partial charge in [-0.15, -0.1) is 0 Å². The van der Waals surface area contributed by atoms with Crippen molar-refractivity contribution in [3.8, 4) is 12.1 Å². The Labute approximate surface area is 328 Å². The summed E-state index contributed by atoms with van der Waals surface area (Å²) in [5.41, 5.74) is 7.27. The van der Waals surface area contributed by atoms with E-state index in [1.54, 1.807) is 25.4 Å². The summed E-state index contributed by atoms with van der Waals surface area (Å²) in [5.74, 6) is -0.273. The average molecular weight is 734 g/mol. The van der Waals surface area contributed by atoms with Crippen LogP contribution in [0.3, 0.4) is 0 Å². The van der Waals surface area contributed by atoms with Gasteiger partial charge in [-0.2, -0.15) is 10.5 Å². The van der Waals surface area contributed by atoms with Crippen LogP contribution in [0.2, 0.25) is 0 Å². The van der Waals surface area contributed by atoms with Gasteiger partial charge in [0, 0.05) is 62.5 Å². The second-order valence-corrected chi connectivity index (χ2v) is 14.9. The Hall–Kier alpha value is -3.61. The van der Waals surface area contributed by atoms with E-state index >= 15 is 0 Å². The summed E-state index contributed by atoms with van der Waals surface area (Å²) in [7, 11) is 0. The molecule has 2 aliphatic heterocycles. The van der Waals surface area contributed by atoms with Crippen LogP contribution in [-0.2, 0) is 22.4 Å². The molecule has 2 saturated carbocycles. The number of halogens is 1. The van der Waals surface area contributed by atoms with E-state index in [1.807, 2.05) is 6.07 Å². The van der Waals surface area contributed by atoms with Gasteiger partial charge in [0.25, 0.3) is 0 Å². The fraction of sp³-hybridized carbons (Fsp3) is 0.500. The Morgan fingerprint density at radius 3 is 1.56 bits per heavy atom. The number of nitriles is 2. The molecule has 1 atom stereocenters. The van der Waals surface area contributed by atoms with Crippen molar-refractivity contribution in [1.82, 2.24) is 19.8 Å². The van der Waals surface area contributed by atoms with Gasteiger partial charge >= 0.3 is 23.1 Å². The first-order valence-electron chi connectivity index (χ1n) is 17.7. The number of Topliss-reactive ketones (excluding diaryl/α,β-unsaturated/α-hetero) is 2. The van der Waals surface area contributed by atoms with Crippen LogP contribution in [0.1, 0.15) is 116 Å². The van der Waals surface area contributed by atoms with E-state index < -0.39 is 6.10 Å². The van der Waals surface area contributed by atoms with Gasteiger partial charge in [-0.3, -0.25) is 24.4 Å². The molecule has 2 saturated heterocycles. The van der Waals surface area contributed by atoms with Gasteiger partial charge in [-0.1, -0.05) is 12.8 Å². The van der Waals surface area contributed by atoms with Crippen LogP contribution in [-0.4, -0.2) is 92.0 Å². The van der Waals surface area contributed by atoms with E-state index in [1.165, 1.54) is 38.5 Å². The molecular formula is C40H45ClMgN6O4. The number of nitrogens with zero attached hydrogens (tertiary/aromatic N) is 6. The fourth-order valence-electron chi connectivity index (χ4n) is 8.72. The fourth-order valence-corrected chi connectivity index (χ4v) is 8.72. The first-order chi connectivity index (χ1) is 23.7. The number of pyridine rings is 2. The smallest absolute Gasteiger partial charge is 1.00 e. The zero-order valence-corrected chi connectivity index (χ0v) is 32.4. The molecule has 2 spiro atoms. The first-order valence-corrected chi connectivity index (χ1v) is 17.7. The van der Waals surface area contributed by atoms with Crippen molar-refractivity contribution in [3.05, 3.63) is 76.7 Å². The molecule has 2 aromatic rings. The summed E-state index contributed by atoms with van der Waals surface area (Å²) in [6.45, 7) is 5.19. The zero-order chi connectivity index (χ0) is 34.3. The standard InChI is InChI=1S/C20H23N3O2.C19H19N3O2.CH3.ClH.Mg/c1-13(24)17-10-15-14(12-22-17)9-18(25)16(11-21)19(15)23-7-5-20(6-8-23)3-2-4-20;20-10-16-17(24)8-13-11-21-14(12-23)9-15(13)18(16)22-6-4-19(5-7-22)2-1-3-19;;;/h10,12-13,24H,2-9H2,1H3;9,11-12H,1-8H2;1H3;1H;/q;;-1;;+2/p-1. The Bertz CT molecular complexity index is 1860. The Kier molecular flexibility index (Phi) is 13.1. The molecule has 4 aliphatic carbocycles. The van der Waals surface area contributed by atoms with Crippen molar-refractivity contribution in [1.29, 1.82) is 10.5 Å². The second-order valence-electron chi connectivity index (χ2n) is 14.9. The molecule has 1 unspecified atom stereocenters. The van der Waals surface area contributed by atoms with Crippen LogP contribution < -0.4 is 12.4 Å². The second kappa shape index (κ2) is 16.6. The monoisotopic (exact) mass is 732 g/mol. The maximum absolute atomic E-state index is 12.5. The summed E-state index contributed by atoms with van der Waals surface area (Å²) in [4.78, 5) is 48.7. The molecule has 12 heteroatoms. The predicted molar refractivity (Wildman–Crippen MR) is 193 cm³/mol. The van der Waals surface area contributed by atoms with Crippen molar-refractivity contribution in [3.63, 3.8) is 0 Å². The quantitative estimate of drug-likeness (QED) is 0.282. The summed E-state index contributed by atoms with van der Waals surface area (Å²) >= 11 is 0. The van der Waals surface area contributed by atoms with Crippen LogP contribution in [0.4, 0.5) is 0 Å². The summed E-state index contributed by atoms with van der Waals surface area (Å²) in [5, 5.41) is 29.0. The van der Waals surface area contributed by atoms with Crippen LogP contribution in [0, 0.1) is 40.9 Å². The zero-order valence-electron chi connectivity index (χ0n) is 30.2. The molecule has 4 heterocycles. The van der Waals surface area contributed by atoms with Gasteiger partial charge in [-0.25, -0.2) is 0 Å². The summed E-state index contributed by atoms with van der Waals surface area (Å²) in [6.07, 6.45) is 16.1. The number of aldehydes is 1. The van der Waals surface area contributed by atoms with Crippen molar-refractivity contribution in [2.75, 3.05) is 26.2 Å². The number of fused-ring (bicyclic) bond motifs is 2. The number of rotatable bonds is 4. The van der Waals surface area contributed by atoms with Gasteiger partial charge in [-0.05, 0) is 92.4 Å². The predicted octanol–water partition coefficient (Wildman–Crippen LogP) is 2.35. The molecule has 0 aromatic carbocycles. The Morgan fingerprint density at radius 1 is 0.769 bits per heavy atom. The molecule has 0 amide bonds. The average Bonchev–Trinajstić information content (AvgIpc) is 3.09. The maximum Gasteiger partial charge on any atom is 2.00 e. The minimum atomic E-state index is -0.672. The number of carbonyl (C=O) groups excluding carboxylic acids is 3. The van der Waals surface area contributed by atoms with Crippen LogP contribution in [0.25, 0.3) is 11.4 Å². The number of aliphatic hydroxyl groups is 1. The minimum Gasteiger partial charge on any atom is -1.00 e. The van der Waals surface area contributed by atoms with E-state index in [-0.39, 0.29) is 78.4 Å². The topological polar surface area (TPSA) is 151 Å². The van der Waals surface area contributed by atoms with E-state index in [0.717, 1.165) is 79.8 Å². The molecule has 1 N–H and O–H groups in total. The molecule has 4 fully saturated rings. The van der Waals surface area contributed by atoms with Crippen LogP contribution in [0.15, 0.2) is 35.7 Å². The van der Waals surface area contributed by atoms with Crippen molar-refractivity contribution >= 4 is 52.3 Å². The van der Waals surface area contributed by atoms with Gasteiger partial charge in [0.2, 0.25) is 0 Å². The number of hydrogen-bond acceptors (Lipinski definition) is 10. The van der Waals surface area contributed by atoms with E-state index in [4.69, 9.17) is 0 Å². The number of likely N-dealkylation sites (tertiary alicyclic amines) is 2. The van der Waals surface area contributed by atoms with Crippen LogP contribution >= 0.6 is 0 Å². The molecule has 6 aliphatic rings. The number of allylic oxidation sites excluding steroid dienone is 2. The molecule has 0 radical (unpaired) electrons. The van der Waals surface area contributed by atoms with Gasteiger partial charge in [0.15, 0.2) is 17.9 Å². The number of aliphatic hydroxyl groups excluding tert-OH is 1. The third kappa shape index (κ3) is 7.57. The van der Waals surface area contributed by atoms with Gasteiger partial charge in [0.1, 0.15) is 29.0 Å². The summed E-state index contributed by atoms with van der Waals surface area (Å²) < 4.78 is 0. The molecule has 0 bridgehead atoms. The molecule has 52 heavy (non-hydrogen) atoms. The van der Waals surface area contributed by atoms with E-state index in [0.29, 0.717) is 34.2 Å². The summed E-state index contributed by atoms with van der Waals surface area (Å²) in [6, 6.07) is 7.82. The SMILES string of the molecule is CC(O)c1cc2c(cn1)CC(=O)C(C#N)=C2N1CCC2(CCC2)CC1.N#CC1=C(N2CCC3(CCC3)CC2)c2cc(C=O)ncc2CC1=O.[CH3-].[Cl-].[Mg+2]. The molecular weight excluding hydrogens is 688 g/mol. The largest absolute Gasteiger partial charge is 2.00 e. The number of ketones is 2. The third-order valence-electron chi connectivity index (χ3n) is 12.1. The van der Waals surface area contributed by atoms with E-state index in [9.17, 15) is 30.0 Å². The van der Waals surface area contributed by atoms with Gasteiger partial charge < -0.3 is 34.7 Å². The van der Waals surface area contributed by atoms with E-state index in [2.05, 4.69) is 31.9 Å². The molecule has 2 aromatic heterocycles. The Balaban J connectivity index is 0.000000220. The Morgan fingerprint density at radius 2 is 1.19 bits per heavy atom. The van der Waals surface area contributed by atoms with Gasteiger partial charge in [0.05, 0.1) is 23.2 Å². The van der Waals surface area contributed by atoms with Crippen molar-refractivity contribution in [2.24, 2.45) is 10.8 Å². The number of piperidine rings is 2. The number of hydrogen-bond donors (Lipinski definition) is 1. The molecule has 8 rings (SSSR count). The van der Waals surface area contributed by atoms with Crippen molar-refractivity contribution < 1.29 is 31.9 Å². The molecule has 268 valence electrons.